The largest absolute Gasteiger partial charge is 0.340 e. The smallest absolute Gasteiger partial charge is 0.146 e. The molecule has 0 bridgehead atoms. The van der Waals surface area contributed by atoms with Crippen molar-refractivity contribution < 1.29 is 0 Å². The minimum absolute atomic E-state index is 0.176. The summed E-state index contributed by atoms with van der Waals surface area (Å²) in [5.41, 5.74) is 8.37. The second-order valence-electron chi connectivity index (χ2n) is 5.32. The summed E-state index contributed by atoms with van der Waals surface area (Å²) in [5.74, 6) is 0.945. The summed E-state index contributed by atoms with van der Waals surface area (Å²) in [7, 11) is 1.91. The van der Waals surface area contributed by atoms with E-state index < -0.39 is 0 Å². The Hall–Kier alpha value is -2.14. The molecule has 2 aromatic heterocycles. The van der Waals surface area contributed by atoms with Gasteiger partial charge in [0, 0.05) is 24.8 Å². The molecule has 0 amide bonds. The molecule has 1 unspecified atom stereocenters. The summed E-state index contributed by atoms with van der Waals surface area (Å²) in [4.78, 5) is 4.28. The Morgan fingerprint density at radius 1 is 1.30 bits per heavy atom. The highest BCUT2D eigenvalue weighted by atomic mass is 15.3. The van der Waals surface area contributed by atoms with Crippen molar-refractivity contribution >= 4 is 10.9 Å². The predicted molar refractivity (Wildman–Crippen MR) is 79.4 cm³/mol. The third-order valence-corrected chi connectivity index (χ3v) is 3.51. The quantitative estimate of drug-likeness (QED) is 0.784. The van der Waals surface area contributed by atoms with Gasteiger partial charge in [0.15, 0.2) is 0 Å². The fourth-order valence-electron chi connectivity index (χ4n) is 2.48. The number of nitrogens with two attached hydrogens (primary N) is 1. The topological polar surface area (TPSA) is 61.7 Å². The van der Waals surface area contributed by atoms with E-state index in [4.69, 9.17) is 5.73 Å². The number of hydrogen-bond acceptors (Lipinski definition) is 3. The van der Waals surface area contributed by atoms with Crippen LogP contribution in [0.25, 0.3) is 10.9 Å². The van der Waals surface area contributed by atoms with Crippen molar-refractivity contribution in [2.75, 3.05) is 0 Å². The van der Waals surface area contributed by atoms with E-state index in [-0.39, 0.29) is 6.04 Å². The zero-order chi connectivity index (χ0) is 14.1. The van der Waals surface area contributed by atoms with Crippen LogP contribution in [0, 0.1) is 0 Å². The molecule has 5 heteroatoms. The van der Waals surface area contributed by atoms with Gasteiger partial charge in [-0.25, -0.2) is 4.98 Å². The molecular formula is C15H19N5. The molecule has 0 aliphatic heterocycles. The molecular weight excluding hydrogens is 250 g/mol. The summed E-state index contributed by atoms with van der Waals surface area (Å²) < 4.78 is 4.00. The van der Waals surface area contributed by atoms with Crippen LogP contribution in [0.2, 0.25) is 0 Å². The minimum atomic E-state index is 0.176. The maximum atomic E-state index is 5.88. The van der Waals surface area contributed by atoms with E-state index >= 15 is 0 Å². The predicted octanol–water partition coefficient (Wildman–Crippen LogP) is 1.71. The highest BCUT2D eigenvalue weighted by Gasteiger charge is 2.07. The van der Waals surface area contributed by atoms with E-state index in [2.05, 4.69) is 45.1 Å². The minimum Gasteiger partial charge on any atom is -0.340 e. The summed E-state index contributed by atoms with van der Waals surface area (Å²) in [5, 5.41) is 5.35. The van der Waals surface area contributed by atoms with Crippen molar-refractivity contribution in [1.82, 2.24) is 19.3 Å². The number of fused-ring (bicyclic) bond motifs is 1. The Balaban J connectivity index is 1.96. The van der Waals surface area contributed by atoms with Crippen LogP contribution in [0.15, 0.2) is 36.8 Å². The molecule has 5 nitrogen and oxygen atoms in total. The molecule has 0 saturated carbocycles. The lowest BCUT2D eigenvalue weighted by molar-refractivity contribution is 0.664. The lowest BCUT2D eigenvalue weighted by atomic mass is 10.1. The average Bonchev–Trinajstić information content (AvgIpc) is 2.97. The van der Waals surface area contributed by atoms with Gasteiger partial charge >= 0.3 is 0 Å². The Morgan fingerprint density at radius 3 is 2.85 bits per heavy atom. The second-order valence-corrected chi connectivity index (χ2v) is 5.32. The van der Waals surface area contributed by atoms with Gasteiger partial charge < -0.3 is 10.3 Å². The number of rotatable bonds is 4. The number of benzene rings is 1. The van der Waals surface area contributed by atoms with Gasteiger partial charge in [-0.15, -0.1) is 0 Å². The van der Waals surface area contributed by atoms with E-state index in [1.165, 1.54) is 16.5 Å². The van der Waals surface area contributed by atoms with Crippen molar-refractivity contribution in [2.24, 2.45) is 12.8 Å². The van der Waals surface area contributed by atoms with Crippen molar-refractivity contribution in [3.8, 4) is 0 Å². The monoisotopic (exact) mass is 269 g/mol. The molecule has 0 aliphatic carbocycles. The van der Waals surface area contributed by atoms with Crippen LogP contribution >= 0.6 is 0 Å². The van der Waals surface area contributed by atoms with E-state index in [1.807, 2.05) is 14.0 Å². The Bertz CT molecular complexity index is 723. The number of aromatic nitrogens is 4. The highest BCUT2D eigenvalue weighted by Crippen LogP contribution is 2.19. The number of hydrogen-bond donors (Lipinski definition) is 1. The summed E-state index contributed by atoms with van der Waals surface area (Å²) in [6.07, 6.45) is 4.57. The average molecular weight is 269 g/mol. The van der Waals surface area contributed by atoms with Gasteiger partial charge in [-0.05, 0) is 36.4 Å². The van der Waals surface area contributed by atoms with Crippen LogP contribution in [0.5, 0.6) is 0 Å². The molecule has 1 aromatic carbocycles. The molecule has 2 heterocycles. The maximum absolute atomic E-state index is 5.88. The first-order chi connectivity index (χ1) is 9.63. The van der Waals surface area contributed by atoms with Crippen molar-refractivity contribution in [3.63, 3.8) is 0 Å². The van der Waals surface area contributed by atoms with Gasteiger partial charge in [0.2, 0.25) is 0 Å². The molecule has 0 spiro atoms. The first-order valence-electron chi connectivity index (χ1n) is 6.79. The van der Waals surface area contributed by atoms with E-state index in [1.54, 1.807) is 11.0 Å². The first kappa shape index (κ1) is 12.9. The third kappa shape index (κ3) is 2.44. The Kier molecular flexibility index (Phi) is 3.28. The van der Waals surface area contributed by atoms with E-state index in [0.29, 0.717) is 0 Å². The summed E-state index contributed by atoms with van der Waals surface area (Å²) in [6.45, 7) is 2.75. The van der Waals surface area contributed by atoms with Gasteiger partial charge in [-0.1, -0.05) is 12.1 Å². The van der Waals surface area contributed by atoms with Gasteiger partial charge in [0.05, 0.1) is 6.54 Å². The third-order valence-electron chi connectivity index (χ3n) is 3.51. The fourth-order valence-corrected chi connectivity index (χ4v) is 2.48. The van der Waals surface area contributed by atoms with Crippen LogP contribution in [-0.2, 0) is 20.0 Å². The molecule has 0 aliphatic rings. The number of nitrogens with zero attached hydrogens (tertiary/aromatic N) is 4. The fraction of sp³-hybridized carbons (Fsp3) is 0.333. The van der Waals surface area contributed by atoms with E-state index in [0.717, 1.165) is 18.8 Å². The normalized spacial score (nSPS) is 12.9. The molecule has 2 N–H and O–H groups in total. The zero-order valence-corrected chi connectivity index (χ0v) is 11.8. The molecule has 1 atom stereocenters. The Morgan fingerprint density at radius 2 is 2.15 bits per heavy atom. The standard InChI is InChI=1S/C15H19N5/c1-11(16)7-12-3-4-13-5-6-20(14(13)8-12)9-15-17-10-18-19(15)2/h3-6,8,10-11H,7,9,16H2,1-2H3. The van der Waals surface area contributed by atoms with Crippen LogP contribution < -0.4 is 5.73 Å². The highest BCUT2D eigenvalue weighted by molar-refractivity contribution is 5.80. The maximum Gasteiger partial charge on any atom is 0.146 e. The first-order valence-corrected chi connectivity index (χ1v) is 6.79. The van der Waals surface area contributed by atoms with Gasteiger partial charge in [0.1, 0.15) is 12.2 Å². The van der Waals surface area contributed by atoms with Crippen molar-refractivity contribution in [1.29, 1.82) is 0 Å². The Labute approximate surface area is 118 Å². The van der Waals surface area contributed by atoms with E-state index in [9.17, 15) is 0 Å². The molecule has 3 aromatic rings. The van der Waals surface area contributed by atoms with Crippen LogP contribution in [0.4, 0.5) is 0 Å². The van der Waals surface area contributed by atoms with Gasteiger partial charge in [-0.2, -0.15) is 5.10 Å². The molecule has 3 rings (SSSR count). The number of aryl methyl sites for hydroxylation is 1. The van der Waals surface area contributed by atoms with Crippen LogP contribution in [-0.4, -0.2) is 25.4 Å². The van der Waals surface area contributed by atoms with Crippen molar-refractivity contribution in [2.45, 2.75) is 25.9 Å². The molecule has 20 heavy (non-hydrogen) atoms. The summed E-state index contributed by atoms with van der Waals surface area (Å²) >= 11 is 0. The van der Waals surface area contributed by atoms with Crippen molar-refractivity contribution in [3.05, 3.63) is 48.2 Å². The molecule has 0 radical (unpaired) electrons. The molecule has 0 saturated heterocycles. The zero-order valence-electron chi connectivity index (χ0n) is 11.8. The van der Waals surface area contributed by atoms with Gasteiger partial charge in [-0.3, -0.25) is 4.68 Å². The molecule has 104 valence electrons. The van der Waals surface area contributed by atoms with Crippen LogP contribution in [0.3, 0.4) is 0 Å². The van der Waals surface area contributed by atoms with Crippen LogP contribution in [0.1, 0.15) is 18.3 Å². The SMILES string of the molecule is CC(N)Cc1ccc2ccn(Cc3ncnn3C)c2c1. The summed E-state index contributed by atoms with van der Waals surface area (Å²) in [6, 6.07) is 8.82. The lowest BCUT2D eigenvalue weighted by Gasteiger charge is -2.08. The molecule has 0 fully saturated rings. The lowest BCUT2D eigenvalue weighted by Crippen LogP contribution is -2.17. The second kappa shape index (κ2) is 5.09. The van der Waals surface area contributed by atoms with Gasteiger partial charge in [0.25, 0.3) is 0 Å².